The molecule has 0 saturated carbocycles. The van der Waals surface area contributed by atoms with E-state index < -0.39 is 0 Å². The highest BCUT2D eigenvalue weighted by molar-refractivity contribution is 5.37. The van der Waals surface area contributed by atoms with Gasteiger partial charge in [0.25, 0.3) is 0 Å². The number of hydrogen-bond acceptors (Lipinski definition) is 0. The largest absolute Gasteiger partial charge is 0.0918 e. The third kappa shape index (κ3) is 1.40. The van der Waals surface area contributed by atoms with Crippen molar-refractivity contribution >= 4 is 0 Å². The second-order valence-corrected chi connectivity index (χ2v) is 1.29. The van der Waals surface area contributed by atoms with Crippen LogP contribution in [0.1, 0.15) is 0 Å². The Bertz CT molecular complexity index is 102. The Hall–Kier alpha value is -0.780. The summed E-state index contributed by atoms with van der Waals surface area (Å²) in [6, 6.07) is 0. The van der Waals surface area contributed by atoms with Gasteiger partial charge in [0.05, 0.1) is 0 Å². The van der Waals surface area contributed by atoms with E-state index in [0.29, 0.717) is 0 Å². The molecule has 0 bridgehead atoms. The average molecular weight is 91.1 g/mol. The molecule has 0 aromatic rings. The monoisotopic (exact) mass is 91.1 g/mol. The van der Waals surface area contributed by atoms with E-state index in [2.05, 4.69) is 6.58 Å². The minimum Gasteiger partial charge on any atom is -0.0918 e. The fourth-order valence-electron chi connectivity index (χ4n) is 0.414. The van der Waals surface area contributed by atoms with Gasteiger partial charge in [0.15, 0.2) is 0 Å². The van der Waals surface area contributed by atoms with Gasteiger partial charge in [0.1, 0.15) is 0 Å². The topological polar surface area (TPSA) is 0 Å². The molecule has 7 heavy (non-hydrogen) atoms. The summed E-state index contributed by atoms with van der Waals surface area (Å²) in [5.74, 6) is 0. The lowest BCUT2D eigenvalue weighted by Gasteiger charge is -1.71. The molecule has 0 spiro atoms. The van der Waals surface area contributed by atoms with E-state index in [1.807, 2.05) is 24.3 Å². The van der Waals surface area contributed by atoms with Gasteiger partial charge >= 0.3 is 0 Å². The first-order valence-electron chi connectivity index (χ1n) is 1.93. The molecule has 0 aromatic carbocycles. The lowest BCUT2D eigenvalue weighted by Crippen LogP contribution is -1.50. The third-order valence-electron chi connectivity index (χ3n) is 0.732. The molecular formula is C7H7. The van der Waals surface area contributed by atoms with Crippen molar-refractivity contribution in [3.8, 4) is 0 Å². The summed E-state index contributed by atoms with van der Waals surface area (Å²) in [6.07, 6.45) is 7.89. The molecule has 1 aliphatic rings. The summed E-state index contributed by atoms with van der Waals surface area (Å²) in [5, 5.41) is 0. The minimum atomic E-state index is 0. The fraction of sp³-hybridized carbons (Fsp3) is 0. The summed E-state index contributed by atoms with van der Waals surface area (Å²) in [7, 11) is 0. The minimum absolute atomic E-state index is 0. The molecule has 0 atom stereocenters. The number of allylic oxidation sites excluding steroid dienone is 5. The van der Waals surface area contributed by atoms with E-state index >= 15 is 0 Å². The van der Waals surface area contributed by atoms with E-state index in [9.17, 15) is 0 Å². The highest BCUT2D eigenvalue weighted by Crippen LogP contribution is 2.01. The Morgan fingerprint density at radius 1 is 1.14 bits per heavy atom. The van der Waals surface area contributed by atoms with Crippen molar-refractivity contribution < 1.29 is 0 Å². The van der Waals surface area contributed by atoms with Gasteiger partial charge in [0, 0.05) is 0 Å². The van der Waals surface area contributed by atoms with Crippen molar-refractivity contribution in [2.24, 2.45) is 0 Å². The molecule has 0 heteroatoms. The van der Waals surface area contributed by atoms with E-state index in [-0.39, 0.29) is 7.43 Å². The zero-order chi connectivity index (χ0) is 4.41. The first-order chi connectivity index (χ1) is 2.89. The van der Waals surface area contributed by atoms with Gasteiger partial charge in [-0.1, -0.05) is 30.9 Å². The van der Waals surface area contributed by atoms with Crippen molar-refractivity contribution in [2.45, 2.75) is 0 Å². The SMILES string of the molecule is C=C1C=CC=C1.[CH]. The highest BCUT2D eigenvalue weighted by atomic mass is 13.9. The molecule has 1 rings (SSSR count). The van der Waals surface area contributed by atoms with Crippen LogP contribution in [0.25, 0.3) is 0 Å². The van der Waals surface area contributed by atoms with E-state index in [0.717, 1.165) is 5.57 Å². The van der Waals surface area contributed by atoms with Gasteiger partial charge < -0.3 is 0 Å². The van der Waals surface area contributed by atoms with Gasteiger partial charge in [-0.05, 0) is 13.0 Å². The summed E-state index contributed by atoms with van der Waals surface area (Å²) >= 11 is 0. The van der Waals surface area contributed by atoms with Crippen LogP contribution in [-0.2, 0) is 0 Å². The molecule has 35 valence electrons. The zero-order valence-corrected chi connectivity index (χ0v) is 4.09. The predicted molar refractivity (Wildman–Crippen MR) is 31.7 cm³/mol. The Morgan fingerprint density at radius 2 is 1.57 bits per heavy atom. The maximum atomic E-state index is 3.68. The van der Waals surface area contributed by atoms with Crippen LogP contribution in [0.2, 0.25) is 0 Å². The molecule has 0 amide bonds. The highest BCUT2D eigenvalue weighted by Gasteiger charge is 1.80. The summed E-state index contributed by atoms with van der Waals surface area (Å²) in [4.78, 5) is 0. The molecule has 0 nitrogen and oxygen atoms in total. The van der Waals surface area contributed by atoms with Crippen LogP contribution >= 0.6 is 0 Å². The van der Waals surface area contributed by atoms with Crippen LogP contribution in [0, 0.1) is 7.43 Å². The standard InChI is InChI=1S/C6H6.CH/c1-6-4-2-3-5-6;/h2-5H,1H2;1H. The summed E-state index contributed by atoms with van der Waals surface area (Å²) < 4.78 is 0. The zero-order valence-electron chi connectivity index (χ0n) is 4.09. The smallest absolute Gasteiger partial charge is 0.0312 e. The van der Waals surface area contributed by atoms with Crippen molar-refractivity contribution in [1.29, 1.82) is 0 Å². The molecule has 0 heterocycles. The van der Waals surface area contributed by atoms with Crippen LogP contribution in [0.15, 0.2) is 36.5 Å². The third-order valence-corrected chi connectivity index (χ3v) is 0.732. The summed E-state index contributed by atoms with van der Waals surface area (Å²) in [5.41, 5.74) is 1.09. The van der Waals surface area contributed by atoms with Crippen LogP contribution in [0.3, 0.4) is 0 Å². The maximum Gasteiger partial charge on any atom is -0.0312 e. The Balaban J connectivity index is 0.000000360. The molecule has 0 N–H and O–H groups in total. The van der Waals surface area contributed by atoms with Gasteiger partial charge in [-0.25, -0.2) is 0 Å². The lowest BCUT2D eigenvalue weighted by atomic mass is 10.4. The molecule has 3 radical (unpaired) electrons. The van der Waals surface area contributed by atoms with E-state index in [4.69, 9.17) is 0 Å². The predicted octanol–water partition coefficient (Wildman–Crippen LogP) is 1.87. The average Bonchev–Trinajstić information content (AvgIpc) is 1.86. The molecular weight excluding hydrogens is 84.1 g/mol. The first kappa shape index (κ1) is 6.22. The second-order valence-electron chi connectivity index (χ2n) is 1.29. The molecule has 0 saturated heterocycles. The molecule has 0 unspecified atom stereocenters. The Kier molecular flexibility index (Phi) is 2.14. The van der Waals surface area contributed by atoms with Crippen molar-refractivity contribution in [1.82, 2.24) is 0 Å². The normalized spacial score (nSPS) is 14.6. The van der Waals surface area contributed by atoms with Crippen molar-refractivity contribution in [3.63, 3.8) is 0 Å². The van der Waals surface area contributed by atoms with Gasteiger partial charge in [-0.15, -0.1) is 0 Å². The molecule has 0 fully saturated rings. The first-order valence-corrected chi connectivity index (χ1v) is 1.93. The van der Waals surface area contributed by atoms with Crippen LogP contribution in [0.5, 0.6) is 0 Å². The quantitative estimate of drug-likeness (QED) is 0.427. The second kappa shape index (κ2) is 2.40. The Morgan fingerprint density at radius 3 is 1.71 bits per heavy atom. The lowest BCUT2D eigenvalue weighted by molar-refractivity contribution is 1.85. The van der Waals surface area contributed by atoms with E-state index in [1.54, 1.807) is 0 Å². The van der Waals surface area contributed by atoms with Crippen LogP contribution < -0.4 is 0 Å². The maximum absolute atomic E-state index is 3.68. The summed E-state index contributed by atoms with van der Waals surface area (Å²) in [6.45, 7) is 3.68. The van der Waals surface area contributed by atoms with Crippen molar-refractivity contribution in [3.05, 3.63) is 43.9 Å². The Labute approximate surface area is 44.9 Å². The fourth-order valence-corrected chi connectivity index (χ4v) is 0.414. The van der Waals surface area contributed by atoms with Gasteiger partial charge in [0.2, 0.25) is 0 Å². The van der Waals surface area contributed by atoms with Crippen LogP contribution in [-0.4, -0.2) is 0 Å². The van der Waals surface area contributed by atoms with Gasteiger partial charge in [-0.2, -0.15) is 0 Å². The molecule has 0 aromatic heterocycles. The molecule has 0 aliphatic heterocycles. The van der Waals surface area contributed by atoms with E-state index in [1.165, 1.54) is 0 Å². The van der Waals surface area contributed by atoms with Gasteiger partial charge in [-0.3, -0.25) is 0 Å². The molecule has 1 aliphatic carbocycles. The number of hydrogen-bond donors (Lipinski definition) is 0. The number of rotatable bonds is 0. The van der Waals surface area contributed by atoms with Crippen LogP contribution in [0.4, 0.5) is 0 Å². The van der Waals surface area contributed by atoms with Crippen molar-refractivity contribution in [2.75, 3.05) is 0 Å².